The third kappa shape index (κ3) is 1.78. The van der Waals surface area contributed by atoms with Crippen LogP contribution in [-0.4, -0.2) is 25.7 Å². The highest BCUT2D eigenvalue weighted by molar-refractivity contribution is 5.72. The van der Waals surface area contributed by atoms with Crippen molar-refractivity contribution in [2.45, 2.75) is 38.1 Å². The first kappa shape index (κ1) is 9.97. The molecule has 80 valence electrons. The second-order valence-electron chi connectivity index (χ2n) is 4.43. The lowest BCUT2D eigenvalue weighted by Crippen LogP contribution is -2.48. The summed E-state index contributed by atoms with van der Waals surface area (Å²) >= 11 is 0. The van der Waals surface area contributed by atoms with Crippen molar-refractivity contribution in [1.82, 2.24) is 5.32 Å². The van der Waals surface area contributed by atoms with Crippen LogP contribution in [0.25, 0.3) is 0 Å². The van der Waals surface area contributed by atoms with Gasteiger partial charge in [0.1, 0.15) is 0 Å². The van der Waals surface area contributed by atoms with E-state index >= 15 is 0 Å². The monoisotopic (exact) mass is 197 g/mol. The normalized spacial score (nSPS) is 37.4. The first-order chi connectivity index (χ1) is 6.83. The lowest BCUT2D eigenvalue weighted by molar-refractivity contribution is -0.149. The molecule has 14 heavy (non-hydrogen) atoms. The molecule has 0 spiro atoms. The average Bonchev–Trinajstić information content (AvgIpc) is 2.27. The van der Waals surface area contributed by atoms with Gasteiger partial charge in [-0.2, -0.15) is 0 Å². The van der Waals surface area contributed by atoms with E-state index in [1.54, 1.807) is 0 Å². The second-order valence-corrected chi connectivity index (χ2v) is 4.43. The zero-order valence-electron chi connectivity index (χ0n) is 8.79. The van der Waals surface area contributed by atoms with Crippen LogP contribution in [-0.2, 0) is 9.53 Å². The molecule has 1 saturated carbocycles. The summed E-state index contributed by atoms with van der Waals surface area (Å²) in [4.78, 5) is 11.6. The van der Waals surface area contributed by atoms with E-state index in [1.807, 2.05) is 0 Å². The molecule has 3 atom stereocenters. The number of rotatable bonds is 1. The Hall–Kier alpha value is -0.570. The van der Waals surface area contributed by atoms with Gasteiger partial charge in [0, 0.05) is 6.04 Å². The summed E-state index contributed by atoms with van der Waals surface area (Å²) in [6, 6.07) is 0.571. The maximum Gasteiger partial charge on any atom is 0.308 e. The summed E-state index contributed by atoms with van der Waals surface area (Å²) in [7, 11) is 1.50. The van der Waals surface area contributed by atoms with Crippen molar-refractivity contribution in [3.63, 3.8) is 0 Å². The summed E-state index contributed by atoms with van der Waals surface area (Å²) < 4.78 is 4.87. The fourth-order valence-electron chi connectivity index (χ4n) is 2.99. The molecule has 0 amide bonds. The Morgan fingerprint density at radius 1 is 1.29 bits per heavy atom. The largest absolute Gasteiger partial charge is 0.469 e. The minimum absolute atomic E-state index is 0.00315. The lowest BCUT2D eigenvalue weighted by Gasteiger charge is -2.40. The standard InChI is InChI=1S/C11H19NO2/c1-14-11(13)9-4-2-6-10-8(9)5-3-7-12-10/h8-10,12H,2-7H2,1H3/t8-,9-,10-/m1/s1. The van der Waals surface area contributed by atoms with Gasteiger partial charge in [-0.3, -0.25) is 4.79 Å². The molecule has 1 N–H and O–H groups in total. The minimum atomic E-state index is 0.00315. The molecule has 1 aliphatic heterocycles. The van der Waals surface area contributed by atoms with E-state index in [1.165, 1.54) is 26.4 Å². The number of piperidine rings is 1. The zero-order chi connectivity index (χ0) is 9.97. The van der Waals surface area contributed by atoms with E-state index in [-0.39, 0.29) is 11.9 Å². The van der Waals surface area contributed by atoms with E-state index in [2.05, 4.69) is 5.32 Å². The van der Waals surface area contributed by atoms with Crippen LogP contribution in [0.1, 0.15) is 32.1 Å². The van der Waals surface area contributed by atoms with Crippen LogP contribution in [0, 0.1) is 11.8 Å². The summed E-state index contributed by atoms with van der Waals surface area (Å²) in [6.45, 7) is 1.12. The van der Waals surface area contributed by atoms with E-state index in [0.717, 1.165) is 19.4 Å². The number of methoxy groups -OCH3 is 1. The highest BCUT2D eigenvalue weighted by Crippen LogP contribution is 2.36. The molecule has 1 saturated heterocycles. The van der Waals surface area contributed by atoms with Gasteiger partial charge < -0.3 is 10.1 Å². The van der Waals surface area contributed by atoms with Crippen molar-refractivity contribution in [3.8, 4) is 0 Å². The maximum absolute atomic E-state index is 11.6. The number of carbonyl (C=O) groups excluding carboxylic acids is 1. The van der Waals surface area contributed by atoms with Crippen molar-refractivity contribution in [1.29, 1.82) is 0 Å². The Morgan fingerprint density at radius 2 is 2.14 bits per heavy atom. The summed E-state index contributed by atoms with van der Waals surface area (Å²) in [5, 5.41) is 3.52. The fraction of sp³-hybridized carbons (Fsp3) is 0.909. The van der Waals surface area contributed by atoms with Crippen LogP contribution in [0.2, 0.25) is 0 Å². The van der Waals surface area contributed by atoms with Gasteiger partial charge in [0.2, 0.25) is 0 Å². The van der Waals surface area contributed by atoms with Gasteiger partial charge in [0.25, 0.3) is 0 Å². The third-order valence-electron chi connectivity index (χ3n) is 3.69. The quantitative estimate of drug-likeness (QED) is 0.644. The Labute approximate surface area is 85.2 Å². The van der Waals surface area contributed by atoms with Crippen LogP contribution in [0.15, 0.2) is 0 Å². The topological polar surface area (TPSA) is 38.3 Å². The van der Waals surface area contributed by atoms with Crippen LogP contribution in [0.5, 0.6) is 0 Å². The molecule has 1 aliphatic carbocycles. The molecule has 0 aromatic carbocycles. The highest BCUT2D eigenvalue weighted by atomic mass is 16.5. The van der Waals surface area contributed by atoms with Crippen molar-refractivity contribution in [3.05, 3.63) is 0 Å². The van der Waals surface area contributed by atoms with Crippen molar-refractivity contribution >= 4 is 5.97 Å². The third-order valence-corrected chi connectivity index (χ3v) is 3.69. The second kappa shape index (κ2) is 4.30. The molecule has 0 radical (unpaired) electrons. The van der Waals surface area contributed by atoms with Crippen LogP contribution in [0.3, 0.4) is 0 Å². The van der Waals surface area contributed by atoms with Gasteiger partial charge in [0.15, 0.2) is 0 Å². The number of hydrogen-bond acceptors (Lipinski definition) is 3. The molecule has 0 aromatic rings. The van der Waals surface area contributed by atoms with Gasteiger partial charge in [-0.15, -0.1) is 0 Å². The Morgan fingerprint density at radius 3 is 2.93 bits per heavy atom. The van der Waals surface area contributed by atoms with Crippen molar-refractivity contribution in [2.24, 2.45) is 11.8 Å². The molecule has 0 unspecified atom stereocenters. The molecule has 3 nitrogen and oxygen atoms in total. The van der Waals surface area contributed by atoms with Crippen molar-refractivity contribution in [2.75, 3.05) is 13.7 Å². The van der Waals surface area contributed by atoms with Gasteiger partial charge in [0.05, 0.1) is 13.0 Å². The van der Waals surface area contributed by atoms with Crippen LogP contribution < -0.4 is 5.32 Å². The van der Waals surface area contributed by atoms with Gasteiger partial charge in [-0.05, 0) is 38.1 Å². The van der Waals surface area contributed by atoms with Crippen molar-refractivity contribution < 1.29 is 9.53 Å². The molecule has 2 rings (SSSR count). The van der Waals surface area contributed by atoms with E-state index in [0.29, 0.717) is 12.0 Å². The molecule has 0 aromatic heterocycles. The number of esters is 1. The number of fused-ring (bicyclic) bond motifs is 1. The number of nitrogens with one attached hydrogen (secondary N) is 1. The van der Waals surface area contributed by atoms with E-state index < -0.39 is 0 Å². The number of ether oxygens (including phenoxy) is 1. The molecule has 2 aliphatic rings. The Kier molecular flexibility index (Phi) is 3.06. The lowest BCUT2D eigenvalue weighted by atomic mass is 9.72. The molecule has 1 heterocycles. The van der Waals surface area contributed by atoms with Gasteiger partial charge in [-0.1, -0.05) is 6.42 Å². The smallest absolute Gasteiger partial charge is 0.308 e. The number of hydrogen-bond donors (Lipinski definition) is 1. The summed E-state index contributed by atoms with van der Waals surface area (Å²) in [5.41, 5.74) is 0. The van der Waals surface area contributed by atoms with E-state index in [4.69, 9.17) is 4.74 Å². The predicted molar refractivity (Wildman–Crippen MR) is 53.9 cm³/mol. The average molecular weight is 197 g/mol. The molecular weight excluding hydrogens is 178 g/mol. The first-order valence-electron chi connectivity index (χ1n) is 5.64. The first-order valence-corrected chi connectivity index (χ1v) is 5.64. The van der Waals surface area contributed by atoms with E-state index in [9.17, 15) is 4.79 Å². The number of carbonyl (C=O) groups is 1. The molecule has 3 heteroatoms. The molecular formula is C11H19NO2. The minimum Gasteiger partial charge on any atom is -0.469 e. The van der Waals surface area contributed by atoms with Gasteiger partial charge >= 0.3 is 5.97 Å². The Balaban J connectivity index is 2.04. The predicted octanol–water partition coefficient (Wildman–Crippen LogP) is 1.33. The highest BCUT2D eigenvalue weighted by Gasteiger charge is 2.38. The fourth-order valence-corrected chi connectivity index (χ4v) is 2.99. The van der Waals surface area contributed by atoms with Gasteiger partial charge in [-0.25, -0.2) is 0 Å². The zero-order valence-corrected chi connectivity index (χ0v) is 8.79. The molecule has 0 bridgehead atoms. The maximum atomic E-state index is 11.6. The molecule has 2 fully saturated rings. The SMILES string of the molecule is COC(=O)[C@@H]1CCC[C@H]2NCCC[C@@H]21. The Bertz CT molecular complexity index is 215. The van der Waals surface area contributed by atoms with Crippen LogP contribution in [0.4, 0.5) is 0 Å². The summed E-state index contributed by atoms with van der Waals surface area (Å²) in [6.07, 6.45) is 5.81. The summed E-state index contributed by atoms with van der Waals surface area (Å²) in [5.74, 6) is 0.694. The van der Waals surface area contributed by atoms with Crippen LogP contribution >= 0.6 is 0 Å².